The van der Waals surface area contributed by atoms with Crippen LogP contribution in [-0.2, 0) is 6.54 Å². The fraction of sp³-hybridized carbons (Fsp3) is 0.438. The topological polar surface area (TPSA) is 29.9 Å². The van der Waals surface area contributed by atoms with Crippen LogP contribution in [0.15, 0.2) is 30.6 Å². The van der Waals surface area contributed by atoms with E-state index < -0.39 is 0 Å². The lowest BCUT2D eigenvalue weighted by Gasteiger charge is -2.20. The van der Waals surface area contributed by atoms with Gasteiger partial charge in [0.15, 0.2) is 0 Å². The van der Waals surface area contributed by atoms with Gasteiger partial charge in [-0.25, -0.2) is 4.98 Å². The summed E-state index contributed by atoms with van der Waals surface area (Å²) in [4.78, 5) is 4.55. The van der Waals surface area contributed by atoms with Crippen molar-refractivity contribution in [3.63, 3.8) is 0 Å². The Morgan fingerprint density at radius 2 is 2.10 bits per heavy atom. The summed E-state index contributed by atoms with van der Waals surface area (Å²) >= 11 is 6.20. The monoisotopic (exact) mass is 291 g/mol. The Morgan fingerprint density at radius 1 is 1.30 bits per heavy atom. The number of halogens is 1. The van der Waals surface area contributed by atoms with Crippen molar-refractivity contribution in [2.75, 3.05) is 6.54 Å². The van der Waals surface area contributed by atoms with Crippen LogP contribution in [0.5, 0.6) is 0 Å². The molecule has 0 aliphatic carbocycles. The Kier molecular flexibility index (Phi) is 5.21. The quantitative estimate of drug-likeness (QED) is 0.873. The van der Waals surface area contributed by atoms with Crippen molar-refractivity contribution >= 4 is 11.6 Å². The number of aryl methyl sites for hydroxylation is 2. The zero-order valence-electron chi connectivity index (χ0n) is 12.4. The van der Waals surface area contributed by atoms with Crippen LogP contribution in [-0.4, -0.2) is 16.1 Å². The van der Waals surface area contributed by atoms with Gasteiger partial charge in [0.25, 0.3) is 0 Å². The minimum absolute atomic E-state index is 0.0824. The average Bonchev–Trinajstić information content (AvgIpc) is 2.83. The molecule has 1 unspecified atom stereocenters. The molecule has 1 N–H and O–H groups in total. The minimum atomic E-state index is 0.0824. The van der Waals surface area contributed by atoms with Gasteiger partial charge in [0.05, 0.1) is 6.04 Å². The first-order valence-electron chi connectivity index (χ1n) is 7.17. The highest BCUT2D eigenvalue weighted by Gasteiger charge is 2.18. The number of nitrogens with zero attached hydrogens (tertiary/aromatic N) is 2. The summed E-state index contributed by atoms with van der Waals surface area (Å²) in [6, 6.07) is 6.25. The van der Waals surface area contributed by atoms with Crippen LogP contribution in [0.1, 0.15) is 43.3 Å². The smallest absolute Gasteiger partial charge is 0.130 e. The Labute approximate surface area is 126 Å². The molecule has 2 rings (SSSR count). The van der Waals surface area contributed by atoms with Crippen molar-refractivity contribution in [2.24, 2.45) is 0 Å². The zero-order chi connectivity index (χ0) is 14.5. The summed E-state index contributed by atoms with van der Waals surface area (Å²) < 4.78 is 2.21. The molecule has 0 radical (unpaired) electrons. The summed E-state index contributed by atoms with van der Waals surface area (Å²) in [5, 5.41) is 4.29. The Balaban J connectivity index is 2.41. The molecule has 20 heavy (non-hydrogen) atoms. The molecule has 0 aliphatic rings. The molecule has 0 amide bonds. The van der Waals surface area contributed by atoms with Crippen LogP contribution in [0.4, 0.5) is 0 Å². The van der Waals surface area contributed by atoms with E-state index in [1.54, 1.807) is 0 Å². The van der Waals surface area contributed by atoms with Crippen molar-refractivity contribution < 1.29 is 0 Å². The lowest BCUT2D eigenvalue weighted by Crippen LogP contribution is -2.25. The first-order valence-corrected chi connectivity index (χ1v) is 7.55. The van der Waals surface area contributed by atoms with E-state index in [1.165, 1.54) is 11.1 Å². The maximum atomic E-state index is 6.20. The Morgan fingerprint density at radius 3 is 2.75 bits per heavy atom. The van der Waals surface area contributed by atoms with Gasteiger partial charge in [-0.2, -0.15) is 0 Å². The lowest BCUT2D eigenvalue weighted by molar-refractivity contribution is 0.544. The maximum Gasteiger partial charge on any atom is 0.130 e. The molecule has 1 aromatic heterocycles. The second-order valence-corrected chi connectivity index (χ2v) is 5.47. The normalized spacial score (nSPS) is 12.6. The highest BCUT2D eigenvalue weighted by Crippen LogP contribution is 2.25. The van der Waals surface area contributed by atoms with E-state index in [9.17, 15) is 0 Å². The van der Waals surface area contributed by atoms with Gasteiger partial charge in [0.1, 0.15) is 5.82 Å². The van der Waals surface area contributed by atoms with Gasteiger partial charge in [0.2, 0.25) is 0 Å². The predicted octanol–water partition coefficient (Wildman–Crippen LogP) is 3.95. The molecule has 0 aliphatic heterocycles. The first kappa shape index (κ1) is 15.1. The maximum absolute atomic E-state index is 6.20. The summed E-state index contributed by atoms with van der Waals surface area (Å²) in [5.41, 5.74) is 2.34. The third-order valence-corrected chi connectivity index (χ3v) is 3.49. The standard InChI is InChI=1S/C16H22ClN3/c1-4-7-20-8-6-19-16(20)15(18-5-2)13-9-12(3)10-14(17)11-13/h6,8-11,15,18H,4-5,7H2,1-3H3. The highest BCUT2D eigenvalue weighted by atomic mass is 35.5. The van der Waals surface area contributed by atoms with Crippen molar-refractivity contribution in [3.05, 3.63) is 52.6 Å². The summed E-state index contributed by atoms with van der Waals surface area (Å²) in [7, 11) is 0. The van der Waals surface area contributed by atoms with E-state index in [-0.39, 0.29) is 6.04 Å². The van der Waals surface area contributed by atoms with E-state index in [0.29, 0.717) is 0 Å². The van der Waals surface area contributed by atoms with Crippen molar-refractivity contribution in [1.82, 2.24) is 14.9 Å². The third kappa shape index (κ3) is 3.41. The van der Waals surface area contributed by atoms with Gasteiger partial charge in [-0.05, 0) is 43.1 Å². The van der Waals surface area contributed by atoms with Crippen LogP contribution < -0.4 is 5.32 Å². The van der Waals surface area contributed by atoms with Crippen LogP contribution in [0, 0.1) is 6.92 Å². The predicted molar refractivity (Wildman–Crippen MR) is 84.2 cm³/mol. The lowest BCUT2D eigenvalue weighted by atomic mass is 10.0. The second-order valence-electron chi connectivity index (χ2n) is 5.03. The molecule has 2 aromatic rings. The summed E-state index contributed by atoms with van der Waals surface area (Å²) in [5.74, 6) is 1.05. The van der Waals surface area contributed by atoms with Gasteiger partial charge < -0.3 is 9.88 Å². The summed E-state index contributed by atoms with van der Waals surface area (Å²) in [6.07, 6.45) is 5.00. The molecule has 0 saturated carbocycles. The molecular weight excluding hydrogens is 270 g/mol. The number of benzene rings is 1. The molecule has 1 heterocycles. The number of rotatable bonds is 6. The average molecular weight is 292 g/mol. The van der Waals surface area contributed by atoms with Gasteiger partial charge in [-0.3, -0.25) is 0 Å². The Bertz CT molecular complexity index is 542. The number of imidazole rings is 1. The molecule has 4 heteroatoms. The van der Waals surface area contributed by atoms with E-state index >= 15 is 0 Å². The van der Waals surface area contributed by atoms with Gasteiger partial charge in [-0.1, -0.05) is 31.5 Å². The fourth-order valence-electron chi connectivity index (χ4n) is 2.50. The highest BCUT2D eigenvalue weighted by molar-refractivity contribution is 6.30. The molecule has 0 spiro atoms. The van der Waals surface area contributed by atoms with E-state index in [0.717, 1.165) is 30.4 Å². The molecule has 0 fully saturated rings. The molecular formula is C16H22ClN3. The number of hydrogen-bond acceptors (Lipinski definition) is 2. The molecule has 1 aromatic carbocycles. The fourth-order valence-corrected chi connectivity index (χ4v) is 2.80. The van der Waals surface area contributed by atoms with Crippen LogP contribution in [0.25, 0.3) is 0 Å². The number of aromatic nitrogens is 2. The Hall–Kier alpha value is -1.32. The summed E-state index contributed by atoms with van der Waals surface area (Å²) in [6.45, 7) is 8.22. The molecule has 0 saturated heterocycles. The van der Waals surface area contributed by atoms with Gasteiger partial charge in [0, 0.05) is 24.0 Å². The van der Waals surface area contributed by atoms with E-state index in [4.69, 9.17) is 11.6 Å². The van der Waals surface area contributed by atoms with Crippen LogP contribution in [0.2, 0.25) is 5.02 Å². The van der Waals surface area contributed by atoms with Crippen LogP contribution in [0.3, 0.4) is 0 Å². The molecule has 0 bridgehead atoms. The van der Waals surface area contributed by atoms with Gasteiger partial charge in [-0.15, -0.1) is 0 Å². The van der Waals surface area contributed by atoms with E-state index in [1.807, 2.05) is 24.5 Å². The van der Waals surface area contributed by atoms with E-state index in [2.05, 4.69) is 41.7 Å². The first-order chi connectivity index (χ1) is 9.65. The molecule has 1 atom stereocenters. The van der Waals surface area contributed by atoms with Crippen LogP contribution >= 0.6 is 11.6 Å². The minimum Gasteiger partial charge on any atom is -0.333 e. The largest absolute Gasteiger partial charge is 0.333 e. The zero-order valence-corrected chi connectivity index (χ0v) is 13.1. The molecule has 108 valence electrons. The van der Waals surface area contributed by atoms with Crippen molar-refractivity contribution in [1.29, 1.82) is 0 Å². The van der Waals surface area contributed by atoms with Crippen molar-refractivity contribution in [3.8, 4) is 0 Å². The number of nitrogens with one attached hydrogen (secondary N) is 1. The van der Waals surface area contributed by atoms with Crippen molar-refractivity contribution in [2.45, 2.75) is 39.8 Å². The third-order valence-electron chi connectivity index (χ3n) is 3.28. The second kappa shape index (κ2) is 6.91. The molecule has 3 nitrogen and oxygen atoms in total. The van der Waals surface area contributed by atoms with Gasteiger partial charge >= 0.3 is 0 Å². The SMILES string of the molecule is CCCn1ccnc1C(NCC)c1cc(C)cc(Cl)c1. The number of hydrogen-bond donors (Lipinski definition) is 1.